The first-order valence-corrected chi connectivity index (χ1v) is 11.1. The van der Waals surface area contributed by atoms with E-state index in [2.05, 4.69) is 16.4 Å². The van der Waals surface area contributed by atoms with E-state index in [4.69, 9.17) is 4.74 Å². The summed E-state index contributed by atoms with van der Waals surface area (Å²) in [6.07, 6.45) is 1.30. The van der Waals surface area contributed by atoms with Gasteiger partial charge in [-0.2, -0.15) is 0 Å². The van der Waals surface area contributed by atoms with Gasteiger partial charge in [0.2, 0.25) is 5.91 Å². The standard InChI is InChI=1S/C19H23N3O5S2/c1-8-14-13(9(2)23)17(24)22(14)15(18(25)26)16(8)29-19-21-12(7-28-19)10-4-11(6-27-3)20-5-10/h4,7-9,11,13-14,20,23H,5-6H2,1-3H3,(H,25,26). The van der Waals surface area contributed by atoms with Crippen LogP contribution in [0.1, 0.15) is 19.5 Å². The lowest BCUT2D eigenvalue weighted by molar-refractivity contribution is -0.163. The number of aliphatic hydroxyl groups excluding tert-OH is 1. The lowest BCUT2D eigenvalue weighted by atomic mass is 9.79. The van der Waals surface area contributed by atoms with E-state index in [1.54, 1.807) is 14.0 Å². The molecule has 0 radical (unpaired) electrons. The molecule has 3 aliphatic rings. The van der Waals surface area contributed by atoms with Gasteiger partial charge in [0, 0.05) is 35.9 Å². The molecule has 0 spiro atoms. The minimum atomic E-state index is -1.12. The summed E-state index contributed by atoms with van der Waals surface area (Å²) in [4.78, 5) is 31.0. The Morgan fingerprint density at radius 1 is 1.55 bits per heavy atom. The highest BCUT2D eigenvalue weighted by molar-refractivity contribution is 8.04. The number of carbonyl (C=O) groups is 2. The predicted octanol–water partition coefficient (Wildman–Crippen LogP) is 1.39. The average molecular weight is 438 g/mol. The second-order valence-electron chi connectivity index (χ2n) is 7.51. The molecule has 8 nitrogen and oxygen atoms in total. The second kappa shape index (κ2) is 7.84. The molecule has 4 heterocycles. The number of rotatable bonds is 7. The molecule has 0 aromatic carbocycles. The normalized spacial score (nSPS) is 29.7. The first-order chi connectivity index (χ1) is 13.8. The Bertz CT molecular complexity index is 909. The Balaban J connectivity index is 1.57. The molecule has 10 heteroatoms. The van der Waals surface area contributed by atoms with Gasteiger partial charge in [-0.3, -0.25) is 4.79 Å². The number of carboxylic acids is 1. The zero-order chi connectivity index (χ0) is 20.9. The Kier molecular flexibility index (Phi) is 5.56. The number of aliphatic hydroxyl groups is 1. The number of aliphatic carboxylic acids is 1. The molecule has 1 fully saturated rings. The molecule has 3 N–H and O–H groups in total. The van der Waals surface area contributed by atoms with Crippen molar-refractivity contribution in [2.24, 2.45) is 11.8 Å². The number of fused-ring (bicyclic) bond motifs is 1. The number of hydrogen-bond acceptors (Lipinski definition) is 8. The van der Waals surface area contributed by atoms with E-state index in [-0.39, 0.29) is 29.6 Å². The smallest absolute Gasteiger partial charge is 0.353 e. The lowest BCUT2D eigenvalue weighted by Gasteiger charge is -2.46. The Morgan fingerprint density at radius 2 is 2.31 bits per heavy atom. The van der Waals surface area contributed by atoms with Gasteiger partial charge >= 0.3 is 5.97 Å². The molecule has 29 heavy (non-hydrogen) atoms. The maximum atomic E-state index is 12.4. The number of methoxy groups -OCH3 is 1. The number of hydrogen-bond donors (Lipinski definition) is 3. The summed E-state index contributed by atoms with van der Waals surface area (Å²) < 4.78 is 5.91. The lowest BCUT2D eigenvalue weighted by Crippen LogP contribution is -2.63. The first-order valence-electron chi connectivity index (χ1n) is 9.38. The molecule has 0 bridgehead atoms. The van der Waals surface area contributed by atoms with Crippen molar-refractivity contribution in [2.45, 2.75) is 36.4 Å². The quantitative estimate of drug-likeness (QED) is 0.549. The topological polar surface area (TPSA) is 112 Å². The van der Waals surface area contributed by atoms with Gasteiger partial charge in [-0.25, -0.2) is 9.78 Å². The summed E-state index contributed by atoms with van der Waals surface area (Å²) in [7, 11) is 1.66. The molecule has 0 aliphatic carbocycles. The molecule has 5 atom stereocenters. The zero-order valence-corrected chi connectivity index (χ0v) is 17.9. The number of thioether (sulfide) groups is 1. The van der Waals surface area contributed by atoms with E-state index >= 15 is 0 Å². The minimum Gasteiger partial charge on any atom is -0.477 e. The third kappa shape index (κ3) is 3.42. The number of nitrogens with zero attached hydrogens (tertiary/aromatic N) is 2. The van der Waals surface area contributed by atoms with Crippen molar-refractivity contribution in [3.05, 3.63) is 27.8 Å². The molecule has 1 saturated heterocycles. The Hall–Kier alpha value is -1.72. The van der Waals surface area contributed by atoms with Crippen LogP contribution >= 0.6 is 23.1 Å². The molecule has 0 saturated carbocycles. The monoisotopic (exact) mass is 437 g/mol. The molecule has 1 aromatic heterocycles. The van der Waals surface area contributed by atoms with Crippen LogP contribution in [0, 0.1) is 11.8 Å². The highest BCUT2D eigenvalue weighted by Crippen LogP contribution is 2.52. The van der Waals surface area contributed by atoms with E-state index in [0.29, 0.717) is 18.1 Å². The predicted molar refractivity (Wildman–Crippen MR) is 109 cm³/mol. The molecule has 3 aliphatic heterocycles. The number of thiazole rings is 1. The summed E-state index contributed by atoms with van der Waals surface area (Å²) >= 11 is 2.76. The Labute approximate surface area is 176 Å². The maximum Gasteiger partial charge on any atom is 0.353 e. The summed E-state index contributed by atoms with van der Waals surface area (Å²) in [5, 5.41) is 25.0. The van der Waals surface area contributed by atoms with E-state index in [0.717, 1.165) is 15.6 Å². The molecule has 5 unspecified atom stereocenters. The third-order valence-corrected chi connectivity index (χ3v) is 7.85. The minimum absolute atomic E-state index is 0.0213. The van der Waals surface area contributed by atoms with E-state index < -0.39 is 18.0 Å². The van der Waals surface area contributed by atoms with E-state index in [1.807, 2.05) is 12.3 Å². The van der Waals surface area contributed by atoms with Crippen LogP contribution in [0.2, 0.25) is 0 Å². The fourth-order valence-electron chi connectivity index (χ4n) is 4.27. The van der Waals surface area contributed by atoms with Crippen LogP contribution in [0.15, 0.2) is 26.4 Å². The van der Waals surface area contributed by atoms with Gasteiger partial charge in [0.15, 0.2) is 4.34 Å². The van der Waals surface area contributed by atoms with Crippen LogP contribution in [0.3, 0.4) is 0 Å². The number of ether oxygens (including phenoxy) is 1. The van der Waals surface area contributed by atoms with Crippen molar-refractivity contribution < 1.29 is 24.5 Å². The molecule has 156 valence electrons. The Morgan fingerprint density at radius 3 is 2.97 bits per heavy atom. The fourth-order valence-corrected chi connectivity index (χ4v) is 6.38. The van der Waals surface area contributed by atoms with Crippen LogP contribution in [-0.2, 0) is 14.3 Å². The maximum absolute atomic E-state index is 12.4. The van der Waals surface area contributed by atoms with Crippen molar-refractivity contribution in [1.82, 2.24) is 15.2 Å². The molecule has 1 aromatic rings. The summed E-state index contributed by atoms with van der Waals surface area (Å²) in [5.41, 5.74) is 1.98. The van der Waals surface area contributed by atoms with Crippen molar-refractivity contribution in [2.75, 3.05) is 20.3 Å². The van der Waals surface area contributed by atoms with Crippen LogP contribution in [0.5, 0.6) is 0 Å². The number of nitrogens with one attached hydrogen (secondary N) is 1. The molecule has 1 amide bonds. The highest BCUT2D eigenvalue weighted by atomic mass is 32.2. The molecular formula is C19H23N3O5S2. The number of amides is 1. The second-order valence-corrected chi connectivity index (χ2v) is 9.65. The SMILES string of the molecule is COCC1C=C(c2csc(SC3=C(C(=O)O)N4C(=O)C(C(C)O)C4C3C)n2)CN1. The van der Waals surface area contributed by atoms with Crippen molar-refractivity contribution in [1.29, 1.82) is 0 Å². The number of carboxylic acid groups (broad SMARTS) is 1. The average Bonchev–Trinajstić information content (AvgIpc) is 3.34. The van der Waals surface area contributed by atoms with Gasteiger partial charge in [-0.1, -0.05) is 24.8 Å². The molecule has 4 rings (SSSR count). The van der Waals surface area contributed by atoms with Crippen LogP contribution in [0.25, 0.3) is 5.57 Å². The van der Waals surface area contributed by atoms with Gasteiger partial charge in [-0.15, -0.1) is 11.3 Å². The summed E-state index contributed by atoms with van der Waals surface area (Å²) in [6.45, 7) is 4.79. The van der Waals surface area contributed by atoms with Gasteiger partial charge in [0.1, 0.15) is 5.70 Å². The van der Waals surface area contributed by atoms with Gasteiger partial charge < -0.3 is 25.2 Å². The van der Waals surface area contributed by atoms with E-state index in [9.17, 15) is 19.8 Å². The van der Waals surface area contributed by atoms with Gasteiger partial charge in [0.05, 0.1) is 30.4 Å². The van der Waals surface area contributed by atoms with Crippen molar-refractivity contribution in [3.8, 4) is 0 Å². The zero-order valence-electron chi connectivity index (χ0n) is 16.3. The van der Waals surface area contributed by atoms with E-state index in [1.165, 1.54) is 28.0 Å². The third-order valence-electron chi connectivity index (χ3n) is 5.62. The summed E-state index contributed by atoms with van der Waals surface area (Å²) in [5.74, 6) is -2.18. The first kappa shape index (κ1) is 20.5. The van der Waals surface area contributed by atoms with Gasteiger partial charge in [-0.05, 0) is 12.5 Å². The fraction of sp³-hybridized carbons (Fsp3) is 0.526. The van der Waals surface area contributed by atoms with Crippen molar-refractivity contribution >= 4 is 40.5 Å². The summed E-state index contributed by atoms with van der Waals surface area (Å²) in [6, 6.07) is -0.150. The van der Waals surface area contributed by atoms with Gasteiger partial charge in [0.25, 0.3) is 0 Å². The van der Waals surface area contributed by atoms with Crippen LogP contribution in [0.4, 0.5) is 0 Å². The number of β-lactam (4-membered cyclic amide) rings is 1. The van der Waals surface area contributed by atoms with Crippen molar-refractivity contribution in [3.63, 3.8) is 0 Å². The highest BCUT2D eigenvalue weighted by Gasteiger charge is 2.60. The number of carbonyl (C=O) groups excluding carboxylic acids is 1. The molecular weight excluding hydrogens is 414 g/mol. The largest absolute Gasteiger partial charge is 0.477 e. The van der Waals surface area contributed by atoms with Crippen LogP contribution < -0.4 is 5.32 Å². The number of aromatic nitrogens is 1. The van der Waals surface area contributed by atoms with Crippen LogP contribution in [-0.4, -0.2) is 70.4 Å².